The first-order chi connectivity index (χ1) is 18.5. The summed E-state index contributed by atoms with van der Waals surface area (Å²) in [6, 6.07) is 9.89. The molecule has 0 unspecified atom stereocenters. The van der Waals surface area contributed by atoms with Crippen molar-refractivity contribution in [2.24, 2.45) is 11.8 Å². The zero-order chi connectivity index (χ0) is 28.2. The summed E-state index contributed by atoms with van der Waals surface area (Å²) in [7, 11) is 0. The van der Waals surface area contributed by atoms with E-state index in [9.17, 15) is 30.7 Å². The Labute approximate surface area is 223 Å². The Hall–Kier alpha value is -3.53. The van der Waals surface area contributed by atoms with Gasteiger partial charge in [0.05, 0.1) is 5.56 Å². The molecule has 39 heavy (non-hydrogen) atoms. The third kappa shape index (κ3) is 7.53. The predicted molar refractivity (Wildman–Crippen MR) is 139 cm³/mol. The van der Waals surface area contributed by atoms with Gasteiger partial charge in [0.2, 0.25) is 0 Å². The van der Waals surface area contributed by atoms with Crippen molar-refractivity contribution in [3.8, 4) is 34.1 Å². The quantitative estimate of drug-likeness (QED) is 0.165. The van der Waals surface area contributed by atoms with Crippen molar-refractivity contribution in [3.63, 3.8) is 0 Å². The second-order valence-electron chi connectivity index (χ2n) is 10.1. The summed E-state index contributed by atoms with van der Waals surface area (Å²) in [5.41, 5.74) is -0.253. The van der Waals surface area contributed by atoms with Gasteiger partial charge in [0.25, 0.3) is 0 Å². The van der Waals surface area contributed by atoms with Gasteiger partial charge in [-0.05, 0) is 78.5 Å². The third-order valence-corrected chi connectivity index (χ3v) is 7.06. The summed E-state index contributed by atoms with van der Waals surface area (Å²) in [5.74, 6) is -0.440. The zero-order valence-electron chi connectivity index (χ0n) is 21.3. The number of halogens is 7. The molecule has 0 atom stereocenters. The van der Waals surface area contributed by atoms with Crippen LogP contribution >= 0.6 is 0 Å². The fraction of sp³-hybridized carbons (Fsp3) is 0.312. The van der Waals surface area contributed by atoms with E-state index in [4.69, 9.17) is 0 Å². The van der Waals surface area contributed by atoms with E-state index in [1.807, 2.05) is 0 Å². The van der Waals surface area contributed by atoms with Crippen molar-refractivity contribution in [1.29, 1.82) is 0 Å². The van der Waals surface area contributed by atoms with Crippen LogP contribution in [0.4, 0.5) is 30.7 Å². The molecule has 0 N–H and O–H groups in total. The highest BCUT2D eigenvalue weighted by molar-refractivity contribution is 5.72. The lowest BCUT2D eigenvalue weighted by atomic mass is 9.83. The third-order valence-electron chi connectivity index (χ3n) is 7.06. The maximum Gasteiger partial charge on any atom is 0.458 e. The molecule has 1 fully saturated rings. The molecule has 1 aliphatic rings. The van der Waals surface area contributed by atoms with Crippen LogP contribution in [0, 0.1) is 46.9 Å². The van der Waals surface area contributed by atoms with Crippen molar-refractivity contribution in [2.45, 2.75) is 51.6 Å². The van der Waals surface area contributed by atoms with Gasteiger partial charge in [0.15, 0.2) is 0 Å². The number of hydrogen-bond donors (Lipinski definition) is 0. The van der Waals surface area contributed by atoms with Crippen LogP contribution in [-0.4, -0.2) is 6.18 Å². The van der Waals surface area contributed by atoms with Gasteiger partial charge in [0.1, 0.15) is 23.3 Å². The molecule has 0 radical (unpaired) electrons. The standard InChI is InChI=1S/C32H27F7/c1-20-6-8-21(9-7-20)4-2-3-5-22-10-12-25(28(33)16-22)23-11-13-26(29(34)17-23)24-18-30(35)27(31(36)19-24)14-15-32(37,38)39/h2,4,10-13,16-21H,3,5-9H2,1H3/b4-2+. The van der Waals surface area contributed by atoms with E-state index >= 15 is 0 Å². The molecule has 7 heteroatoms. The molecular formula is C32H27F7. The number of rotatable bonds is 6. The van der Waals surface area contributed by atoms with Crippen molar-refractivity contribution >= 4 is 0 Å². The van der Waals surface area contributed by atoms with Gasteiger partial charge in [-0.1, -0.05) is 62.1 Å². The fourth-order valence-electron chi connectivity index (χ4n) is 4.86. The van der Waals surface area contributed by atoms with Gasteiger partial charge in [-0.15, -0.1) is 0 Å². The van der Waals surface area contributed by atoms with Crippen LogP contribution in [0.5, 0.6) is 0 Å². The van der Waals surface area contributed by atoms with Crippen molar-refractivity contribution in [3.05, 3.63) is 95.1 Å². The number of hydrogen-bond acceptors (Lipinski definition) is 0. The lowest BCUT2D eigenvalue weighted by molar-refractivity contribution is -0.0696. The molecule has 3 aromatic rings. The minimum Gasteiger partial charge on any atom is -0.206 e. The lowest BCUT2D eigenvalue weighted by Gasteiger charge is -2.23. The summed E-state index contributed by atoms with van der Waals surface area (Å²) in [6.45, 7) is 2.28. The van der Waals surface area contributed by atoms with E-state index in [0.717, 1.165) is 29.9 Å². The Kier molecular flexibility index (Phi) is 8.84. The number of aryl methyl sites for hydroxylation is 1. The average molecular weight is 545 g/mol. The predicted octanol–water partition coefficient (Wildman–Crippen LogP) is 9.81. The summed E-state index contributed by atoms with van der Waals surface area (Å²) in [6.07, 6.45) is 5.89. The second-order valence-corrected chi connectivity index (χ2v) is 10.1. The average Bonchev–Trinajstić information content (AvgIpc) is 2.86. The highest BCUT2D eigenvalue weighted by atomic mass is 19.4. The Balaban J connectivity index is 1.46. The second kappa shape index (κ2) is 12.1. The Bertz CT molecular complexity index is 1390. The van der Waals surface area contributed by atoms with E-state index < -0.39 is 35.0 Å². The van der Waals surface area contributed by atoms with Gasteiger partial charge >= 0.3 is 6.18 Å². The molecule has 0 amide bonds. The monoisotopic (exact) mass is 544 g/mol. The van der Waals surface area contributed by atoms with Crippen LogP contribution in [0.1, 0.15) is 50.2 Å². The number of alkyl halides is 3. The highest BCUT2D eigenvalue weighted by Gasteiger charge is 2.24. The maximum absolute atomic E-state index is 14.9. The van der Waals surface area contributed by atoms with E-state index in [1.165, 1.54) is 49.8 Å². The summed E-state index contributed by atoms with van der Waals surface area (Å²) in [4.78, 5) is 0. The van der Waals surface area contributed by atoms with Crippen LogP contribution in [0.2, 0.25) is 0 Å². The summed E-state index contributed by atoms with van der Waals surface area (Å²) >= 11 is 0. The topological polar surface area (TPSA) is 0 Å². The van der Waals surface area contributed by atoms with Gasteiger partial charge in [-0.3, -0.25) is 0 Å². The van der Waals surface area contributed by atoms with Crippen molar-refractivity contribution < 1.29 is 30.7 Å². The Morgan fingerprint density at radius 2 is 1.36 bits per heavy atom. The van der Waals surface area contributed by atoms with E-state index in [-0.39, 0.29) is 22.3 Å². The minimum atomic E-state index is -4.92. The molecule has 204 valence electrons. The first kappa shape index (κ1) is 28.5. The SMILES string of the molecule is CC1CCC(/C=C/CCc2ccc(-c3ccc(-c4cc(F)c(C#CC(F)(F)F)c(F)c4)c(F)c3)c(F)c2)CC1. The molecule has 4 rings (SSSR count). The van der Waals surface area contributed by atoms with E-state index in [1.54, 1.807) is 12.1 Å². The van der Waals surface area contributed by atoms with Gasteiger partial charge in [0, 0.05) is 17.0 Å². The minimum absolute atomic E-state index is 0.172. The van der Waals surface area contributed by atoms with E-state index in [0.29, 0.717) is 24.5 Å². The molecule has 0 bridgehead atoms. The largest absolute Gasteiger partial charge is 0.458 e. The van der Waals surface area contributed by atoms with Gasteiger partial charge in [-0.2, -0.15) is 13.2 Å². The lowest BCUT2D eigenvalue weighted by Crippen LogP contribution is -2.09. The molecule has 0 aromatic heterocycles. The molecule has 1 aliphatic carbocycles. The van der Waals surface area contributed by atoms with Gasteiger partial charge < -0.3 is 0 Å². The maximum atomic E-state index is 14.9. The molecule has 1 saturated carbocycles. The molecule has 0 spiro atoms. The Morgan fingerprint density at radius 1 is 0.769 bits per heavy atom. The molecule has 0 heterocycles. The molecule has 0 nitrogen and oxygen atoms in total. The van der Waals surface area contributed by atoms with Crippen LogP contribution in [-0.2, 0) is 6.42 Å². The van der Waals surface area contributed by atoms with E-state index in [2.05, 4.69) is 19.1 Å². The Morgan fingerprint density at radius 3 is 1.97 bits per heavy atom. The molecule has 3 aromatic carbocycles. The van der Waals surface area contributed by atoms with Crippen molar-refractivity contribution in [2.75, 3.05) is 0 Å². The number of allylic oxidation sites excluding steroid dienone is 2. The first-order valence-electron chi connectivity index (χ1n) is 12.8. The summed E-state index contributed by atoms with van der Waals surface area (Å²) < 4.78 is 95.2. The smallest absolute Gasteiger partial charge is 0.206 e. The zero-order valence-corrected chi connectivity index (χ0v) is 21.3. The van der Waals surface area contributed by atoms with Crippen LogP contribution in [0.25, 0.3) is 22.3 Å². The number of benzene rings is 3. The molecule has 0 aliphatic heterocycles. The van der Waals surface area contributed by atoms with Gasteiger partial charge in [-0.25, -0.2) is 17.6 Å². The molecule has 0 saturated heterocycles. The first-order valence-corrected chi connectivity index (χ1v) is 12.8. The van der Waals surface area contributed by atoms with Crippen LogP contribution in [0.3, 0.4) is 0 Å². The molecular weight excluding hydrogens is 517 g/mol. The normalized spacial score (nSPS) is 17.7. The highest BCUT2D eigenvalue weighted by Crippen LogP contribution is 2.32. The summed E-state index contributed by atoms with van der Waals surface area (Å²) in [5, 5.41) is 0. The fourth-order valence-corrected chi connectivity index (χ4v) is 4.86. The van der Waals surface area contributed by atoms with Crippen LogP contribution < -0.4 is 0 Å². The van der Waals surface area contributed by atoms with Crippen molar-refractivity contribution in [1.82, 2.24) is 0 Å². The van der Waals surface area contributed by atoms with Crippen LogP contribution in [0.15, 0.2) is 60.7 Å².